The minimum Gasteiger partial charge on any atom is -0.444 e. The molecule has 0 bridgehead atoms. The molecule has 1 atom stereocenters. The normalized spacial score (nSPS) is 12.0. The zero-order valence-corrected chi connectivity index (χ0v) is 15.7. The summed E-state index contributed by atoms with van der Waals surface area (Å²) in [5.74, 6) is -0.372. The Hall–Kier alpha value is -3.15. The predicted molar refractivity (Wildman–Crippen MR) is 104 cm³/mol. The third-order valence-electron chi connectivity index (χ3n) is 3.60. The summed E-state index contributed by atoms with van der Waals surface area (Å²) < 4.78 is 5.27. The summed E-state index contributed by atoms with van der Waals surface area (Å²) in [6.45, 7) is 5.27. The van der Waals surface area contributed by atoms with Crippen molar-refractivity contribution in [2.75, 3.05) is 5.32 Å². The Bertz CT molecular complexity index is 780. The van der Waals surface area contributed by atoms with Gasteiger partial charge in [-0.25, -0.2) is 4.79 Å². The molecular formula is C21H24N2O4. The van der Waals surface area contributed by atoms with Crippen LogP contribution < -0.4 is 10.6 Å². The maximum atomic E-state index is 12.7. The van der Waals surface area contributed by atoms with Gasteiger partial charge in [0.05, 0.1) is 0 Å². The number of ether oxygens (including phenoxy) is 1. The number of rotatable bonds is 6. The Kier molecular flexibility index (Phi) is 6.71. The van der Waals surface area contributed by atoms with Crippen molar-refractivity contribution in [3.63, 3.8) is 0 Å². The Morgan fingerprint density at radius 2 is 1.67 bits per heavy atom. The molecule has 0 aliphatic heterocycles. The molecule has 2 amide bonds. The maximum Gasteiger partial charge on any atom is 0.408 e. The summed E-state index contributed by atoms with van der Waals surface area (Å²) in [4.78, 5) is 35.6. The van der Waals surface area contributed by atoms with E-state index >= 15 is 0 Å². The van der Waals surface area contributed by atoms with E-state index in [4.69, 9.17) is 4.74 Å². The number of carbonyl (C=O) groups is 3. The van der Waals surface area contributed by atoms with Gasteiger partial charge in [-0.15, -0.1) is 0 Å². The van der Waals surface area contributed by atoms with E-state index in [1.807, 2.05) is 30.3 Å². The molecule has 0 fully saturated rings. The molecule has 142 valence electrons. The van der Waals surface area contributed by atoms with E-state index in [2.05, 4.69) is 10.6 Å². The fraction of sp³-hybridized carbons (Fsp3) is 0.286. The number of aldehydes is 1. The van der Waals surface area contributed by atoms with Crippen molar-refractivity contribution in [1.29, 1.82) is 0 Å². The zero-order chi connectivity index (χ0) is 19.9. The van der Waals surface area contributed by atoms with Crippen LogP contribution in [0.25, 0.3) is 0 Å². The summed E-state index contributed by atoms with van der Waals surface area (Å²) in [5.41, 5.74) is 1.29. The van der Waals surface area contributed by atoms with E-state index in [1.54, 1.807) is 45.0 Å². The van der Waals surface area contributed by atoms with Crippen molar-refractivity contribution >= 4 is 24.0 Å². The second kappa shape index (κ2) is 8.98. The Balaban J connectivity index is 2.12. The number of hydrogen-bond acceptors (Lipinski definition) is 4. The van der Waals surface area contributed by atoms with Gasteiger partial charge >= 0.3 is 6.09 Å². The van der Waals surface area contributed by atoms with E-state index < -0.39 is 17.7 Å². The van der Waals surface area contributed by atoms with Crippen molar-refractivity contribution in [2.45, 2.75) is 38.8 Å². The van der Waals surface area contributed by atoms with Crippen LogP contribution in [-0.4, -0.2) is 29.9 Å². The largest absolute Gasteiger partial charge is 0.444 e. The molecule has 0 saturated heterocycles. The van der Waals surface area contributed by atoms with E-state index in [0.29, 0.717) is 17.7 Å². The quantitative estimate of drug-likeness (QED) is 0.764. The molecule has 2 aromatic rings. The van der Waals surface area contributed by atoms with Gasteiger partial charge in [-0.3, -0.25) is 9.59 Å². The topological polar surface area (TPSA) is 84.5 Å². The van der Waals surface area contributed by atoms with Crippen LogP contribution in [-0.2, 0) is 16.0 Å². The number of hydrogen-bond donors (Lipinski definition) is 2. The van der Waals surface area contributed by atoms with Gasteiger partial charge in [-0.2, -0.15) is 0 Å². The van der Waals surface area contributed by atoms with Crippen LogP contribution in [0.4, 0.5) is 10.5 Å². The lowest BCUT2D eigenvalue weighted by Crippen LogP contribution is -2.47. The van der Waals surface area contributed by atoms with Crippen molar-refractivity contribution < 1.29 is 19.1 Å². The molecule has 27 heavy (non-hydrogen) atoms. The second-order valence-electron chi connectivity index (χ2n) is 7.12. The number of benzene rings is 2. The first-order valence-corrected chi connectivity index (χ1v) is 8.66. The zero-order valence-electron chi connectivity index (χ0n) is 15.7. The number of anilines is 1. The van der Waals surface area contributed by atoms with Crippen LogP contribution in [0, 0.1) is 0 Å². The molecular weight excluding hydrogens is 344 g/mol. The van der Waals surface area contributed by atoms with E-state index in [0.717, 1.165) is 11.8 Å². The van der Waals surface area contributed by atoms with Gasteiger partial charge in [-0.05, 0) is 50.6 Å². The minimum atomic E-state index is -0.812. The highest BCUT2D eigenvalue weighted by molar-refractivity contribution is 5.97. The molecule has 0 unspecified atom stereocenters. The number of nitrogens with one attached hydrogen (secondary N) is 2. The molecule has 2 aromatic carbocycles. The lowest BCUT2D eigenvalue weighted by atomic mass is 10.1. The van der Waals surface area contributed by atoms with Gasteiger partial charge in [0.2, 0.25) is 5.91 Å². The fourth-order valence-corrected chi connectivity index (χ4v) is 2.38. The van der Waals surface area contributed by atoms with Crippen LogP contribution >= 0.6 is 0 Å². The van der Waals surface area contributed by atoms with Crippen molar-refractivity contribution in [3.8, 4) is 0 Å². The average molecular weight is 368 g/mol. The highest BCUT2D eigenvalue weighted by Gasteiger charge is 2.24. The number of amides is 2. The van der Waals surface area contributed by atoms with Crippen LogP contribution in [0.1, 0.15) is 36.7 Å². The maximum absolute atomic E-state index is 12.7. The number of carbonyl (C=O) groups excluding carboxylic acids is 3. The first-order chi connectivity index (χ1) is 12.8. The SMILES string of the molecule is CC(C)(C)OC(=O)N[C@@H](Cc1ccccc1)C(=O)Nc1ccc(C=O)cc1. The molecule has 6 heteroatoms. The lowest BCUT2D eigenvalue weighted by Gasteiger charge is -2.23. The number of alkyl carbamates (subject to hydrolysis) is 1. The predicted octanol–water partition coefficient (Wildman–Crippen LogP) is 3.57. The molecule has 2 N–H and O–H groups in total. The van der Waals surface area contributed by atoms with Crippen molar-refractivity contribution in [3.05, 3.63) is 65.7 Å². The van der Waals surface area contributed by atoms with Crippen LogP contribution in [0.3, 0.4) is 0 Å². The molecule has 2 rings (SSSR count). The Morgan fingerprint density at radius 3 is 2.22 bits per heavy atom. The van der Waals surface area contributed by atoms with Gasteiger partial charge in [0, 0.05) is 17.7 Å². The standard InChI is InChI=1S/C21H24N2O4/c1-21(2,3)27-20(26)23-18(13-15-7-5-4-6-8-15)19(25)22-17-11-9-16(14-24)10-12-17/h4-12,14,18H,13H2,1-3H3,(H,22,25)(H,23,26)/t18-/m0/s1. The third kappa shape index (κ3) is 6.93. The fourth-order valence-electron chi connectivity index (χ4n) is 2.38. The second-order valence-corrected chi connectivity index (χ2v) is 7.12. The summed E-state index contributed by atoms with van der Waals surface area (Å²) in [5, 5.41) is 5.39. The summed E-state index contributed by atoms with van der Waals surface area (Å²) in [6.07, 6.45) is 0.390. The Labute approximate surface area is 158 Å². The van der Waals surface area contributed by atoms with Crippen molar-refractivity contribution in [2.24, 2.45) is 0 Å². The highest BCUT2D eigenvalue weighted by Crippen LogP contribution is 2.12. The van der Waals surface area contributed by atoms with E-state index in [-0.39, 0.29) is 5.91 Å². The van der Waals surface area contributed by atoms with Crippen LogP contribution in [0.2, 0.25) is 0 Å². The van der Waals surface area contributed by atoms with Gasteiger partial charge in [0.1, 0.15) is 17.9 Å². The summed E-state index contributed by atoms with van der Waals surface area (Å²) in [6, 6.07) is 15.1. The van der Waals surface area contributed by atoms with Gasteiger partial charge in [0.15, 0.2) is 0 Å². The van der Waals surface area contributed by atoms with Crippen LogP contribution in [0.5, 0.6) is 0 Å². The van der Waals surface area contributed by atoms with E-state index in [1.165, 1.54) is 0 Å². The highest BCUT2D eigenvalue weighted by atomic mass is 16.6. The first kappa shape index (κ1) is 20.2. The molecule has 0 aliphatic rings. The third-order valence-corrected chi connectivity index (χ3v) is 3.60. The molecule has 6 nitrogen and oxygen atoms in total. The first-order valence-electron chi connectivity index (χ1n) is 8.66. The summed E-state index contributed by atoms with van der Waals surface area (Å²) in [7, 11) is 0. The Morgan fingerprint density at radius 1 is 1.04 bits per heavy atom. The van der Waals surface area contributed by atoms with Crippen LogP contribution in [0.15, 0.2) is 54.6 Å². The molecule has 0 radical (unpaired) electrons. The van der Waals surface area contributed by atoms with Gasteiger partial charge in [0.25, 0.3) is 0 Å². The van der Waals surface area contributed by atoms with Gasteiger partial charge in [-0.1, -0.05) is 30.3 Å². The monoisotopic (exact) mass is 368 g/mol. The minimum absolute atomic E-state index is 0.318. The molecule has 0 heterocycles. The van der Waals surface area contributed by atoms with Crippen molar-refractivity contribution in [1.82, 2.24) is 5.32 Å². The molecule has 0 aliphatic carbocycles. The van der Waals surface area contributed by atoms with E-state index in [9.17, 15) is 14.4 Å². The molecule has 0 saturated carbocycles. The molecule has 0 aromatic heterocycles. The smallest absolute Gasteiger partial charge is 0.408 e. The van der Waals surface area contributed by atoms with Gasteiger partial charge < -0.3 is 15.4 Å². The average Bonchev–Trinajstić information content (AvgIpc) is 2.61. The summed E-state index contributed by atoms with van der Waals surface area (Å²) >= 11 is 0. The lowest BCUT2D eigenvalue weighted by molar-refractivity contribution is -0.118. The molecule has 0 spiro atoms.